The smallest absolute Gasteiger partial charge is 0.368 e. The van der Waals surface area contributed by atoms with Gasteiger partial charge in [-0.3, -0.25) is 9.59 Å². The lowest BCUT2D eigenvalue weighted by Gasteiger charge is -2.25. The summed E-state index contributed by atoms with van der Waals surface area (Å²) >= 11 is 1.45. The second kappa shape index (κ2) is 6.24. The van der Waals surface area contributed by atoms with Crippen LogP contribution in [0.1, 0.15) is 17.8 Å². The normalized spacial score (nSPS) is 29.9. The summed E-state index contributed by atoms with van der Waals surface area (Å²) < 4.78 is 19.2. The molecule has 0 radical (unpaired) electrons. The monoisotopic (exact) mass is 389 g/mol. The summed E-state index contributed by atoms with van der Waals surface area (Å²) in [4.78, 5) is 40.8. The topological polar surface area (TPSA) is 80.3 Å². The van der Waals surface area contributed by atoms with Crippen molar-refractivity contribution in [2.75, 3.05) is 12.0 Å². The number of anilines is 1. The van der Waals surface area contributed by atoms with E-state index in [0.29, 0.717) is 0 Å². The number of thiophene rings is 1. The highest BCUT2D eigenvalue weighted by Gasteiger charge is 2.71. The van der Waals surface area contributed by atoms with Crippen molar-refractivity contribution in [1.82, 2.24) is 0 Å². The summed E-state index contributed by atoms with van der Waals surface area (Å²) in [6.45, 7) is 1.61. The molecule has 0 saturated carbocycles. The van der Waals surface area contributed by atoms with Gasteiger partial charge in [0, 0.05) is 6.92 Å². The third kappa shape index (κ3) is 2.44. The lowest BCUT2D eigenvalue weighted by molar-refractivity contribution is -0.730. The second-order valence-electron chi connectivity index (χ2n) is 6.95. The Balaban J connectivity index is 1.84. The van der Waals surface area contributed by atoms with E-state index in [-0.39, 0.29) is 5.69 Å². The van der Waals surface area contributed by atoms with Gasteiger partial charge in [0.15, 0.2) is 0 Å². The molecule has 4 atom stereocenters. The number of imide groups is 1. The molecule has 2 aromatic rings. The third-order valence-electron chi connectivity index (χ3n) is 5.50. The van der Waals surface area contributed by atoms with Gasteiger partial charge in [-0.05, 0) is 23.6 Å². The molecule has 2 aliphatic heterocycles. The maximum Gasteiger partial charge on any atom is 0.368 e. The average molecular weight is 389 g/mol. The summed E-state index contributed by atoms with van der Waals surface area (Å²) in [6.07, 6.45) is 0. The predicted molar refractivity (Wildman–Crippen MR) is 95.3 cm³/mol. The van der Waals surface area contributed by atoms with Gasteiger partial charge in [0.25, 0.3) is 0 Å². The van der Waals surface area contributed by atoms with Crippen LogP contribution in [0.2, 0.25) is 0 Å². The van der Waals surface area contributed by atoms with E-state index >= 15 is 0 Å². The number of carbonyl (C=O) groups excluding carboxylic acids is 3. The van der Waals surface area contributed by atoms with Crippen LogP contribution in [0.25, 0.3) is 0 Å². The van der Waals surface area contributed by atoms with Gasteiger partial charge in [-0.1, -0.05) is 18.2 Å². The Labute approximate surface area is 158 Å². The number of hydrogen-bond acceptors (Lipinski definition) is 5. The molecular formula is C19H18FN2O4S+. The zero-order valence-corrected chi connectivity index (χ0v) is 15.5. The summed E-state index contributed by atoms with van der Waals surface area (Å²) in [5.41, 5.74) is -1.35. The van der Waals surface area contributed by atoms with Crippen LogP contribution < -0.4 is 10.2 Å². The molecule has 0 unspecified atom stereocenters. The number of amides is 2. The van der Waals surface area contributed by atoms with Gasteiger partial charge in [-0.2, -0.15) is 0 Å². The minimum Gasteiger partial charge on any atom is -0.464 e. The number of ether oxygens (including phenoxy) is 1. The number of methoxy groups -OCH3 is 1. The molecule has 4 rings (SSSR count). The lowest BCUT2D eigenvalue weighted by Crippen LogP contribution is -2.97. The van der Waals surface area contributed by atoms with Crippen LogP contribution in [0, 0.1) is 17.7 Å². The first-order chi connectivity index (χ1) is 12.9. The molecule has 1 aromatic heterocycles. The molecule has 2 fully saturated rings. The number of benzene rings is 1. The molecule has 140 valence electrons. The molecule has 27 heavy (non-hydrogen) atoms. The number of nitrogens with two attached hydrogens (primary N) is 1. The van der Waals surface area contributed by atoms with Crippen molar-refractivity contribution in [3.05, 3.63) is 52.5 Å². The standard InChI is InChI=1S/C19H17FN2O4S/c1-19(18(25)26-2)14-13(15(21-19)12-8-5-9-27-12)16(23)22(17(14)24)11-7-4-3-6-10(11)20/h3-9,13-15,21H,1-2H3/p+1/t13-,14-,15-,19+/m0/s1. The minimum atomic E-state index is -1.26. The second-order valence-corrected chi connectivity index (χ2v) is 7.93. The van der Waals surface area contributed by atoms with Gasteiger partial charge in [-0.15, -0.1) is 11.3 Å². The predicted octanol–water partition coefficient (Wildman–Crippen LogP) is 1.24. The summed E-state index contributed by atoms with van der Waals surface area (Å²) in [5.74, 6) is -3.98. The van der Waals surface area contributed by atoms with E-state index in [1.807, 2.05) is 17.5 Å². The van der Waals surface area contributed by atoms with E-state index in [4.69, 9.17) is 4.74 Å². The molecule has 0 bridgehead atoms. The summed E-state index contributed by atoms with van der Waals surface area (Å²) in [6, 6.07) is 8.97. The van der Waals surface area contributed by atoms with E-state index in [1.54, 1.807) is 18.3 Å². The maximum absolute atomic E-state index is 14.3. The van der Waals surface area contributed by atoms with E-state index < -0.39 is 47.0 Å². The molecule has 2 saturated heterocycles. The van der Waals surface area contributed by atoms with E-state index in [0.717, 1.165) is 9.78 Å². The van der Waals surface area contributed by atoms with Crippen molar-refractivity contribution < 1.29 is 28.8 Å². The molecule has 2 N–H and O–H groups in total. The fraction of sp³-hybridized carbons (Fsp3) is 0.316. The number of para-hydroxylation sites is 1. The number of carbonyl (C=O) groups is 3. The first-order valence-electron chi connectivity index (χ1n) is 8.50. The van der Waals surface area contributed by atoms with Crippen molar-refractivity contribution in [3.8, 4) is 0 Å². The van der Waals surface area contributed by atoms with E-state index in [9.17, 15) is 18.8 Å². The fourth-order valence-electron chi connectivity index (χ4n) is 4.29. The molecule has 0 spiro atoms. The first-order valence-corrected chi connectivity index (χ1v) is 9.38. The number of nitrogens with zero attached hydrogens (tertiary/aromatic N) is 1. The highest BCUT2D eigenvalue weighted by atomic mass is 32.1. The third-order valence-corrected chi connectivity index (χ3v) is 6.47. The number of esters is 1. The van der Waals surface area contributed by atoms with Crippen molar-refractivity contribution in [1.29, 1.82) is 0 Å². The largest absolute Gasteiger partial charge is 0.464 e. The molecule has 1 aromatic carbocycles. The zero-order valence-electron chi connectivity index (χ0n) is 14.7. The van der Waals surface area contributed by atoms with Crippen LogP contribution in [0.5, 0.6) is 0 Å². The number of rotatable bonds is 3. The zero-order chi connectivity index (χ0) is 19.3. The summed E-state index contributed by atoms with van der Waals surface area (Å²) in [7, 11) is 1.25. The van der Waals surface area contributed by atoms with Crippen LogP contribution >= 0.6 is 11.3 Å². The SMILES string of the molecule is COC(=O)[C@]1(C)[NH2+][C@@H](c2cccs2)[C@H]2C(=O)N(c3ccccc3F)C(=O)[C@H]21. The van der Waals surface area contributed by atoms with Crippen LogP contribution in [0.4, 0.5) is 10.1 Å². The van der Waals surface area contributed by atoms with Crippen LogP contribution in [0.3, 0.4) is 0 Å². The Morgan fingerprint density at radius 2 is 1.96 bits per heavy atom. The molecule has 2 aliphatic rings. The van der Waals surface area contributed by atoms with Crippen molar-refractivity contribution >= 4 is 34.8 Å². The van der Waals surface area contributed by atoms with Gasteiger partial charge >= 0.3 is 5.97 Å². The fourth-order valence-corrected chi connectivity index (χ4v) is 5.13. The number of hydrogen-bond donors (Lipinski definition) is 1. The van der Waals surface area contributed by atoms with Crippen LogP contribution in [-0.2, 0) is 19.1 Å². The number of halogens is 1. The highest BCUT2D eigenvalue weighted by molar-refractivity contribution is 7.10. The van der Waals surface area contributed by atoms with Gasteiger partial charge in [0.2, 0.25) is 17.4 Å². The maximum atomic E-state index is 14.3. The lowest BCUT2D eigenvalue weighted by atomic mass is 9.81. The molecule has 0 aliphatic carbocycles. The van der Waals surface area contributed by atoms with Gasteiger partial charge in [-0.25, -0.2) is 14.1 Å². The molecule has 3 heterocycles. The molecular weight excluding hydrogens is 371 g/mol. The highest BCUT2D eigenvalue weighted by Crippen LogP contribution is 2.46. The number of fused-ring (bicyclic) bond motifs is 1. The van der Waals surface area contributed by atoms with Crippen molar-refractivity contribution in [2.45, 2.75) is 18.5 Å². The van der Waals surface area contributed by atoms with Gasteiger partial charge < -0.3 is 10.1 Å². The quantitative estimate of drug-likeness (QED) is 0.633. The van der Waals surface area contributed by atoms with Gasteiger partial charge in [0.1, 0.15) is 23.7 Å². The molecule has 6 nitrogen and oxygen atoms in total. The number of quaternary nitrogens is 1. The van der Waals surface area contributed by atoms with E-state index in [1.165, 1.54) is 36.6 Å². The van der Waals surface area contributed by atoms with Gasteiger partial charge in [0.05, 0.1) is 17.7 Å². The summed E-state index contributed by atoms with van der Waals surface area (Å²) in [5, 5.41) is 3.62. The van der Waals surface area contributed by atoms with Crippen LogP contribution in [-0.4, -0.2) is 30.4 Å². The van der Waals surface area contributed by atoms with Crippen LogP contribution in [0.15, 0.2) is 41.8 Å². The molecule has 8 heteroatoms. The van der Waals surface area contributed by atoms with Crippen molar-refractivity contribution in [2.24, 2.45) is 11.8 Å². The Morgan fingerprint density at radius 3 is 2.59 bits per heavy atom. The Morgan fingerprint density at radius 1 is 1.22 bits per heavy atom. The Bertz CT molecular complexity index is 932. The first kappa shape index (κ1) is 17.8. The molecule has 2 amide bonds. The van der Waals surface area contributed by atoms with Crippen molar-refractivity contribution in [3.63, 3.8) is 0 Å². The Hall–Kier alpha value is -2.58. The minimum absolute atomic E-state index is 0.0842. The average Bonchev–Trinajstić information content (AvgIpc) is 3.34. The van der Waals surface area contributed by atoms with E-state index in [2.05, 4.69) is 0 Å². The Kier molecular flexibility index (Phi) is 4.12.